The molecule has 0 bridgehead atoms. The summed E-state index contributed by atoms with van der Waals surface area (Å²) >= 11 is 2.53. The van der Waals surface area contributed by atoms with Crippen molar-refractivity contribution in [3.05, 3.63) is 94.8 Å². The first kappa shape index (κ1) is 29.6. The molecule has 0 spiro atoms. The lowest BCUT2D eigenvalue weighted by molar-refractivity contribution is -0.132. The number of ether oxygens (including phenoxy) is 3. The number of rotatable bonds is 10. The van der Waals surface area contributed by atoms with Gasteiger partial charge in [-0.2, -0.15) is 0 Å². The van der Waals surface area contributed by atoms with Crippen LogP contribution in [0.25, 0.3) is 5.76 Å². The number of amides is 1. The molecule has 6 rings (SSSR count). The molecule has 1 unspecified atom stereocenters. The quantitative estimate of drug-likeness (QED) is 0.0519. The third-order valence-corrected chi connectivity index (χ3v) is 9.20. The average molecular weight is 634 g/mol. The zero-order valence-corrected chi connectivity index (χ0v) is 25.3. The van der Waals surface area contributed by atoms with Crippen LogP contribution in [-0.4, -0.2) is 46.8 Å². The molecule has 226 valence electrons. The fourth-order valence-corrected chi connectivity index (χ4v) is 6.71. The molecule has 1 aromatic heterocycles. The molecular formula is C32H28FN3O6S2. The Hall–Kier alpha value is -4.42. The molecule has 3 aromatic carbocycles. The predicted molar refractivity (Wildman–Crippen MR) is 165 cm³/mol. The number of carbonyl (C=O) groups excluding carboxylic acids is 2. The lowest BCUT2D eigenvalue weighted by Gasteiger charge is -2.23. The number of hydrogen-bond acceptors (Lipinski definition) is 10. The molecule has 0 radical (unpaired) electrons. The Kier molecular flexibility index (Phi) is 8.80. The zero-order valence-electron chi connectivity index (χ0n) is 23.7. The summed E-state index contributed by atoms with van der Waals surface area (Å²) in [6.45, 7) is 3.35. The van der Waals surface area contributed by atoms with Crippen LogP contribution in [0.1, 0.15) is 42.5 Å². The van der Waals surface area contributed by atoms with Gasteiger partial charge < -0.3 is 19.3 Å². The number of nitrogens with zero attached hydrogens (tertiary/aromatic N) is 3. The molecule has 3 heterocycles. The monoisotopic (exact) mass is 633 g/mol. The number of hydrogen-bond donors (Lipinski definition) is 1. The van der Waals surface area contributed by atoms with E-state index in [9.17, 15) is 19.1 Å². The Morgan fingerprint density at radius 2 is 1.86 bits per heavy atom. The van der Waals surface area contributed by atoms with Crippen molar-refractivity contribution in [1.29, 1.82) is 0 Å². The lowest BCUT2D eigenvalue weighted by atomic mass is 9.95. The van der Waals surface area contributed by atoms with Crippen LogP contribution in [-0.2, 0) is 15.3 Å². The van der Waals surface area contributed by atoms with Crippen LogP contribution in [0.4, 0.5) is 9.52 Å². The van der Waals surface area contributed by atoms with E-state index in [4.69, 9.17) is 14.2 Å². The maximum absolute atomic E-state index is 13.6. The number of aromatic nitrogens is 2. The number of anilines is 1. The highest BCUT2D eigenvalue weighted by atomic mass is 32.2. The maximum atomic E-state index is 13.6. The highest BCUT2D eigenvalue weighted by Gasteiger charge is 2.48. The van der Waals surface area contributed by atoms with Crippen molar-refractivity contribution >= 4 is 45.7 Å². The van der Waals surface area contributed by atoms with Gasteiger partial charge in [0.1, 0.15) is 30.5 Å². The minimum absolute atomic E-state index is 0.0897. The van der Waals surface area contributed by atoms with Crippen LogP contribution < -0.4 is 19.1 Å². The van der Waals surface area contributed by atoms with Gasteiger partial charge in [0.2, 0.25) is 5.13 Å². The van der Waals surface area contributed by atoms with Crippen molar-refractivity contribution < 1.29 is 33.3 Å². The van der Waals surface area contributed by atoms with Gasteiger partial charge >= 0.3 is 5.91 Å². The van der Waals surface area contributed by atoms with Crippen molar-refractivity contribution in [2.75, 3.05) is 24.7 Å². The van der Waals surface area contributed by atoms with E-state index in [1.165, 1.54) is 28.8 Å². The van der Waals surface area contributed by atoms with Gasteiger partial charge in [0.25, 0.3) is 5.78 Å². The minimum atomic E-state index is -0.999. The normalized spacial score (nSPS) is 17.2. The first-order valence-electron chi connectivity index (χ1n) is 14.1. The Morgan fingerprint density at radius 3 is 2.66 bits per heavy atom. The molecule has 1 fully saturated rings. The maximum Gasteiger partial charge on any atom is 0.301 e. The van der Waals surface area contributed by atoms with E-state index in [1.54, 1.807) is 54.6 Å². The summed E-state index contributed by atoms with van der Waals surface area (Å²) in [6, 6.07) is 17.2. The first-order chi connectivity index (χ1) is 21.4. The molecule has 4 aromatic rings. The zero-order chi connectivity index (χ0) is 30.6. The Bertz CT molecular complexity index is 1730. The second-order valence-electron chi connectivity index (χ2n) is 10.1. The van der Waals surface area contributed by atoms with E-state index >= 15 is 0 Å². The van der Waals surface area contributed by atoms with E-state index < -0.39 is 17.7 Å². The van der Waals surface area contributed by atoms with Crippen LogP contribution in [0.5, 0.6) is 17.2 Å². The summed E-state index contributed by atoms with van der Waals surface area (Å²) in [5, 5.41) is 20.3. The van der Waals surface area contributed by atoms with Gasteiger partial charge in [-0.05, 0) is 60.0 Å². The lowest BCUT2D eigenvalue weighted by Crippen LogP contribution is -2.29. The largest absolute Gasteiger partial charge is 0.507 e. The van der Waals surface area contributed by atoms with Gasteiger partial charge in [-0.15, -0.1) is 10.2 Å². The van der Waals surface area contributed by atoms with Crippen LogP contribution in [0, 0.1) is 5.82 Å². The highest BCUT2D eigenvalue weighted by molar-refractivity contribution is 8.00. The van der Waals surface area contributed by atoms with Gasteiger partial charge in [-0.25, -0.2) is 4.39 Å². The smallest absolute Gasteiger partial charge is 0.301 e. The molecule has 9 nitrogen and oxygen atoms in total. The van der Waals surface area contributed by atoms with E-state index in [1.807, 2.05) is 0 Å². The number of aliphatic hydroxyl groups is 1. The van der Waals surface area contributed by atoms with Crippen molar-refractivity contribution in [1.82, 2.24) is 10.2 Å². The van der Waals surface area contributed by atoms with Crippen LogP contribution >= 0.6 is 23.1 Å². The van der Waals surface area contributed by atoms with Gasteiger partial charge in [-0.3, -0.25) is 14.5 Å². The van der Waals surface area contributed by atoms with E-state index in [0.29, 0.717) is 58.3 Å². The van der Waals surface area contributed by atoms with E-state index in [0.717, 1.165) is 29.7 Å². The molecule has 0 aliphatic carbocycles. The Morgan fingerprint density at radius 1 is 1.07 bits per heavy atom. The number of ketones is 1. The molecule has 1 saturated heterocycles. The van der Waals surface area contributed by atoms with Crippen LogP contribution in [0.3, 0.4) is 0 Å². The Balaban J connectivity index is 1.38. The minimum Gasteiger partial charge on any atom is -0.507 e. The van der Waals surface area contributed by atoms with Gasteiger partial charge in [-0.1, -0.05) is 60.7 Å². The standard InChI is InChI=1S/C32H28FN3O6S2/c1-2-3-13-40-23-6-4-5-20(16-23)27-26(28(37)21-9-12-24-25(17-21)42-15-14-41-24)29(38)30(39)36(27)31-34-35-32(44-31)43-18-19-7-10-22(33)11-8-19/h4-12,16-17,27,37H,2-3,13-15,18H2,1H3/b28-26-. The number of Topliss-reactive ketones (excluding diaryl/α,β-unsaturated/α-hetero) is 1. The molecule has 1 N–H and O–H groups in total. The fraction of sp³-hybridized carbons (Fsp3) is 0.250. The summed E-state index contributed by atoms with van der Waals surface area (Å²) in [5.41, 5.74) is 1.68. The van der Waals surface area contributed by atoms with Crippen molar-refractivity contribution in [2.24, 2.45) is 0 Å². The van der Waals surface area contributed by atoms with Crippen molar-refractivity contribution in [3.8, 4) is 17.2 Å². The SMILES string of the molecule is CCCCOc1cccc(C2/C(=C(/O)c3ccc4c(c3)OCCO4)C(=O)C(=O)N2c2nnc(SCc3ccc(F)cc3)s2)c1. The second-order valence-corrected chi connectivity index (χ2v) is 12.2. The number of carbonyl (C=O) groups is 2. The van der Waals surface area contributed by atoms with Crippen LogP contribution in [0.15, 0.2) is 76.6 Å². The molecule has 1 atom stereocenters. The second kappa shape index (κ2) is 13.1. The fourth-order valence-electron chi connectivity index (χ4n) is 4.88. The first-order valence-corrected chi connectivity index (χ1v) is 15.9. The third-order valence-electron chi connectivity index (χ3n) is 7.08. The van der Waals surface area contributed by atoms with Gasteiger partial charge in [0.15, 0.2) is 15.8 Å². The summed E-state index contributed by atoms with van der Waals surface area (Å²) in [7, 11) is 0. The number of unbranched alkanes of at least 4 members (excludes halogenated alkanes) is 1. The summed E-state index contributed by atoms with van der Waals surface area (Å²) in [4.78, 5) is 28.6. The van der Waals surface area contributed by atoms with Gasteiger partial charge in [0.05, 0.1) is 18.2 Å². The van der Waals surface area contributed by atoms with E-state index in [-0.39, 0.29) is 22.3 Å². The van der Waals surface area contributed by atoms with Crippen LogP contribution in [0.2, 0.25) is 0 Å². The van der Waals surface area contributed by atoms with Crippen molar-refractivity contribution in [2.45, 2.75) is 35.9 Å². The van der Waals surface area contributed by atoms with Gasteiger partial charge in [0, 0.05) is 11.3 Å². The molecule has 1 amide bonds. The summed E-state index contributed by atoms with van der Waals surface area (Å²) in [5.74, 6) is -0.297. The summed E-state index contributed by atoms with van der Waals surface area (Å²) in [6.07, 6.45) is 1.84. The number of halogens is 1. The predicted octanol–water partition coefficient (Wildman–Crippen LogP) is 6.55. The highest BCUT2D eigenvalue weighted by Crippen LogP contribution is 2.45. The van der Waals surface area contributed by atoms with Crippen molar-refractivity contribution in [3.63, 3.8) is 0 Å². The number of fused-ring (bicyclic) bond motifs is 1. The number of thioether (sulfide) groups is 1. The molecule has 2 aliphatic rings. The third kappa shape index (κ3) is 6.13. The molecule has 2 aliphatic heterocycles. The Labute approximate surface area is 261 Å². The average Bonchev–Trinajstić information content (AvgIpc) is 3.62. The molecule has 44 heavy (non-hydrogen) atoms. The molecule has 0 saturated carbocycles. The topological polar surface area (TPSA) is 111 Å². The summed E-state index contributed by atoms with van der Waals surface area (Å²) < 4.78 is 31.1. The number of benzene rings is 3. The van der Waals surface area contributed by atoms with E-state index in [2.05, 4.69) is 17.1 Å². The molecular weight excluding hydrogens is 605 g/mol. The molecule has 12 heteroatoms. The number of aliphatic hydroxyl groups excluding tert-OH is 1.